The van der Waals surface area contributed by atoms with Gasteiger partial charge >= 0.3 is 5.97 Å². The number of carbonyl (C=O) groups is 2. The van der Waals surface area contributed by atoms with Crippen LogP contribution in [-0.2, 0) is 15.5 Å². The highest BCUT2D eigenvalue weighted by Gasteiger charge is 2.38. The van der Waals surface area contributed by atoms with Crippen LogP contribution in [0.1, 0.15) is 57.9 Å². The van der Waals surface area contributed by atoms with Crippen LogP contribution in [-0.4, -0.2) is 34.0 Å². The first-order chi connectivity index (χ1) is 11.9. The predicted octanol–water partition coefficient (Wildman–Crippen LogP) is 3.30. The summed E-state index contributed by atoms with van der Waals surface area (Å²) in [5, 5.41) is 3.79. The Morgan fingerprint density at radius 2 is 2.12 bits per heavy atom. The van der Waals surface area contributed by atoms with E-state index in [0.717, 1.165) is 16.4 Å². The van der Waals surface area contributed by atoms with Crippen molar-refractivity contribution in [2.24, 2.45) is 0 Å². The molecule has 1 aliphatic carbocycles. The maximum absolute atomic E-state index is 13.2. The minimum absolute atomic E-state index is 0.0917. The molecule has 1 aromatic carbocycles. The Hall–Kier alpha value is -1.55. The Kier molecular flexibility index (Phi) is 5.38. The summed E-state index contributed by atoms with van der Waals surface area (Å²) in [6.07, 6.45) is 3.29. The highest BCUT2D eigenvalue weighted by atomic mass is 127. The van der Waals surface area contributed by atoms with Crippen molar-refractivity contribution in [1.82, 2.24) is 5.16 Å². The smallest absolute Gasteiger partial charge is 0.361 e. The molecule has 0 bridgehead atoms. The van der Waals surface area contributed by atoms with E-state index < -0.39 is 22.6 Å². The second kappa shape index (κ2) is 7.36. The number of hydrogen-bond donors (Lipinski definition) is 0. The van der Waals surface area contributed by atoms with Crippen molar-refractivity contribution in [3.63, 3.8) is 0 Å². The van der Waals surface area contributed by atoms with Crippen LogP contribution in [0.4, 0.5) is 0 Å². The van der Waals surface area contributed by atoms with E-state index in [1.807, 2.05) is 0 Å². The third-order valence-corrected chi connectivity index (χ3v) is 5.49. The second-order valence-electron chi connectivity index (χ2n) is 5.69. The van der Waals surface area contributed by atoms with Crippen LogP contribution in [0.25, 0.3) is 0 Å². The molecule has 25 heavy (non-hydrogen) atoms. The Labute approximate surface area is 160 Å². The fourth-order valence-electron chi connectivity index (χ4n) is 2.54. The van der Waals surface area contributed by atoms with Gasteiger partial charge in [0.2, 0.25) is 5.69 Å². The van der Waals surface area contributed by atoms with Crippen LogP contribution in [0.15, 0.2) is 27.6 Å². The maximum atomic E-state index is 13.2. The lowest BCUT2D eigenvalue weighted by atomic mass is 9.99. The predicted molar refractivity (Wildman–Crippen MR) is 99.4 cm³/mol. The van der Waals surface area contributed by atoms with E-state index in [9.17, 15) is 13.8 Å². The Morgan fingerprint density at radius 3 is 2.72 bits per heavy atom. The fraction of sp³-hybridized carbons (Fsp3) is 0.353. The molecule has 1 saturated carbocycles. The molecular weight excluding hydrogens is 457 g/mol. The lowest BCUT2D eigenvalue weighted by molar-refractivity contribution is 0.0512. The number of ether oxygens (including phenoxy) is 1. The molecule has 3 rings (SSSR count). The molecule has 6 nitrogen and oxygen atoms in total. The van der Waals surface area contributed by atoms with E-state index in [1.54, 1.807) is 25.1 Å². The highest BCUT2D eigenvalue weighted by Crippen LogP contribution is 2.43. The van der Waals surface area contributed by atoms with E-state index in [2.05, 4.69) is 27.7 Å². The summed E-state index contributed by atoms with van der Waals surface area (Å²) in [5.74, 6) is -0.590. The summed E-state index contributed by atoms with van der Waals surface area (Å²) in [7, 11) is -1.35. The molecule has 0 radical (unpaired) electrons. The molecule has 0 spiro atoms. The molecule has 0 amide bonds. The first-order valence-corrected chi connectivity index (χ1v) is 10.4. The second-order valence-corrected chi connectivity index (χ2v) is 8.28. The number of hydrogen-bond acceptors (Lipinski definition) is 6. The van der Waals surface area contributed by atoms with Gasteiger partial charge in [-0.05, 0) is 60.6 Å². The molecule has 0 saturated heterocycles. The SMILES string of the molecule is CCOC(=O)c1noc(C2CC2)c1C(=O)c1ccc(I)cc1S(C)=O. The van der Waals surface area contributed by atoms with Crippen LogP contribution in [0, 0.1) is 3.57 Å². The first-order valence-electron chi connectivity index (χ1n) is 7.78. The van der Waals surface area contributed by atoms with Crippen molar-refractivity contribution >= 4 is 45.1 Å². The summed E-state index contributed by atoms with van der Waals surface area (Å²) < 4.78 is 23.2. The van der Waals surface area contributed by atoms with Crippen molar-refractivity contribution in [2.45, 2.75) is 30.6 Å². The Balaban J connectivity index is 2.12. The van der Waals surface area contributed by atoms with Crippen molar-refractivity contribution in [3.05, 3.63) is 44.4 Å². The summed E-state index contributed by atoms with van der Waals surface area (Å²) in [6, 6.07) is 5.09. The largest absolute Gasteiger partial charge is 0.461 e. The topological polar surface area (TPSA) is 86.5 Å². The maximum Gasteiger partial charge on any atom is 0.361 e. The van der Waals surface area contributed by atoms with Crippen molar-refractivity contribution < 1.29 is 23.1 Å². The van der Waals surface area contributed by atoms with Crippen molar-refractivity contribution in [1.29, 1.82) is 0 Å². The van der Waals surface area contributed by atoms with Crippen molar-refractivity contribution in [3.8, 4) is 0 Å². The highest BCUT2D eigenvalue weighted by molar-refractivity contribution is 14.1. The molecule has 1 aromatic heterocycles. The zero-order chi connectivity index (χ0) is 18.1. The van der Waals surface area contributed by atoms with Gasteiger partial charge in [-0.15, -0.1) is 0 Å². The normalized spacial score (nSPS) is 15.0. The zero-order valence-corrected chi connectivity index (χ0v) is 16.7. The molecule has 1 heterocycles. The molecule has 0 N–H and O–H groups in total. The number of ketones is 1. The average Bonchev–Trinajstić information content (AvgIpc) is 3.32. The minimum Gasteiger partial charge on any atom is -0.461 e. The van der Waals surface area contributed by atoms with Crippen LogP contribution < -0.4 is 0 Å². The number of rotatable bonds is 6. The van der Waals surface area contributed by atoms with Crippen molar-refractivity contribution in [2.75, 3.05) is 12.9 Å². The van der Waals surface area contributed by atoms with Gasteiger partial charge in [0, 0.05) is 21.3 Å². The number of aromatic nitrogens is 1. The van der Waals surface area contributed by atoms with Gasteiger partial charge in [-0.2, -0.15) is 0 Å². The molecule has 1 atom stereocenters. The van der Waals surface area contributed by atoms with Gasteiger partial charge in [0.15, 0.2) is 11.5 Å². The average molecular weight is 473 g/mol. The van der Waals surface area contributed by atoms with E-state index >= 15 is 0 Å². The molecular formula is C17H16INO5S. The molecule has 8 heteroatoms. The fourth-order valence-corrected chi connectivity index (χ4v) is 4.01. The standard InChI is InChI=1S/C17H16INO5S/c1-3-23-17(21)14-13(16(24-19-14)9-4-5-9)15(20)11-7-6-10(18)8-12(11)25(2)22/h6-9H,3-5H2,1-2H3. The summed E-state index contributed by atoms with van der Waals surface area (Å²) in [6.45, 7) is 1.85. The van der Waals surface area contributed by atoms with Gasteiger partial charge in [-0.25, -0.2) is 4.79 Å². The summed E-state index contributed by atoms with van der Waals surface area (Å²) in [5.41, 5.74) is 0.311. The molecule has 132 valence electrons. The quantitative estimate of drug-likeness (QED) is 0.364. The number of nitrogens with zero attached hydrogens (tertiary/aromatic N) is 1. The summed E-state index contributed by atoms with van der Waals surface area (Å²) in [4.78, 5) is 25.8. The Morgan fingerprint density at radius 1 is 1.40 bits per heavy atom. The molecule has 1 fully saturated rings. The van der Waals surface area contributed by atoms with Gasteiger partial charge in [0.25, 0.3) is 0 Å². The monoisotopic (exact) mass is 473 g/mol. The van der Waals surface area contributed by atoms with E-state index in [0.29, 0.717) is 10.7 Å². The number of halogens is 1. The Bertz CT molecular complexity index is 872. The third kappa shape index (κ3) is 3.69. The van der Waals surface area contributed by atoms with E-state index in [4.69, 9.17) is 9.26 Å². The third-order valence-electron chi connectivity index (χ3n) is 3.86. The number of benzene rings is 1. The molecule has 1 unspecified atom stereocenters. The van der Waals surface area contributed by atoms with Gasteiger partial charge in [0.05, 0.1) is 22.3 Å². The van der Waals surface area contributed by atoms with Crippen LogP contribution >= 0.6 is 22.6 Å². The lowest BCUT2D eigenvalue weighted by Crippen LogP contribution is -2.14. The van der Waals surface area contributed by atoms with Gasteiger partial charge in [0.1, 0.15) is 5.56 Å². The molecule has 2 aromatic rings. The van der Waals surface area contributed by atoms with Crippen LogP contribution in [0.3, 0.4) is 0 Å². The number of esters is 1. The van der Waals surface area contributed by atoms with Gasteiger partial charge in [-0.1, -0.05) is 5.16 Å². The van der Waals surface area contributed by atoms with E-state index in [-0.39, 0.29) is 29.3 Å². The van der Waals surface area contributed by atoms with Crippen LogP contribution in [0.2, 0.25) is 0 Å². The van der Waals surface area contributed by atoms with Crippen LogP contribution in [0.5, 0.6) is 0 Å². The van der Waals surface area contributed by atoms with E-state index in [1.165, 1.54) is 6.26 Å². The van der Waals surface area contributed by atoms with Gasteiger partial charge < -0.3 is 9.26 Å². The summed E-state index contributed by atoms with van der Waals surface area (Å²) >= 11 is 2.10. The first kappa shape index (κ1) is 18.2. The number of carbonyl (C=O) groups excluding carboxylic acids is 2. The molecule has 1 aliphatic rings. The molecule has 0 aliphatic heterocycles. The van der Waals surface area contributed by atoms with Gasteiger partial charge in [-0.3, -0.25) is 9.00 Å². The minimum atomic E-state index is -1.35. The zero-order valence-electron chi connectivity index (χ0n) is 13.7. The lowest BCUT2D eigenvalue weighted by Gasteiger charge is -2.08.